The van der Waals surface area contributed by atoms with Gasteiger partial charge in [-0.05, 0) is 24.6 Å². The second kappa shape index (κ2) is 6.64. The molecule has 1 aromatic carbocycles. The Bertz CT molecular complexity index is 380. The van der Waals surface area contributed by atoms with Gasteiger partial charge in [-0.3, -0.25) is 0 Å². The Balaban J connectivity index is 2.99. The van der Waals surface area contributed by atoms with E-state index >= 15 is 0 Å². The van der Waals surface area contributed by atoms with Gasteiger partial charge in [-0.2, -0.15) is 0 Å². The molecular formula is C13H18ClNO2. The van der Waals surface area contributed by atoms with Crippen LogP contribution in [-0.4, -0.2) is 29.9 Å². The standard InChI is InChI=1S/C13H18ClNO2/c1-3-6-15(7-8-16)13-5-4-11(10(2)17)9-12(13)14/h3-5,9-10,16-17H,1,6-8H2,2H3/t10-/m1/s1. The summed E-state index contributed by atoms with van der Waals surface area (Å²) in [7, 11) is 0. The van der Waals surface area contributed by atoms with Crippen molar-refractivity contribution < 1.29 is 10.2 Å². The van der Waals surface area contributed by atoms with Gasteiger partial charge >= 0.3 is 0 Å². The minimum absolute atomic E-state index is 0.0579. The van der Waals surface area contributed by atoms with Crippen molar-refractivity contribution in [1.29, 1.82) is 0 Å². The molecule has 0 aromatic heterocycles. The highest BCUT2D eigenvalue weighted by molar-refractivity contribution is 6.33. The molecule has 1 aromatic rings. The summed E-state index contributed by atoms with van der Waals surface area (Å²) in [5.74, 6) is 0. The van der Waals surface area contributed by atoms with Gasteiger partial charge in [0.1, 0.15) is 0 Å². The molecule has 0 aliphatic rings. The SMILES string of the molecule is C=CCN(CCO)c1ccc([C@@H](C)O)cc1Cl. The summed E-state index contributed by atoms with van der Waals surface area (Å²) in [5, 5.41) is 19.0. The predicted octanol–water partition coefficient (Wildman–Crippen LogP) is 2.38. The molecule has 0 saturated carbocycles. The molecule has 17 heavy (non-hydrogen) atoms. The molecule has 2 N–H and O–H groups in total. The van der Waals surface area contributed by atoms with Crippen LogP contribution in [0.3, 0.4) is 0 Å². The summed E-state index contributed by atoms with van der Waals surface area (Å²) in [5.41, 5.74) is 1.62. The van der Waals surface area contributed by atoms with Crippen molar-refractivity contribution in [2.45, 2.75) is 13.0 Å². The lowest BCUT2D eigenvalue weighted by molar-refractivity contribution is 0.199. The third kappa shape index (κ3) is 3.73. The van der Waals surface area contributed by atoms with E-state index in [-0.39, 0.29) is 6.61 Å². The summed E-state index contributed by atoms with van der Waals surface area (Å²) in [6, 6.07) is 5.43. The number of aliphatic hydroxyl groups is 2. The van der Waals surface area contributed by atoms with E-state index < -0.39 is 6.10 Å². The van der Waals surface area contributed by atoms with Gasteiger partial charge in [0, 0.05) is 13.1 Å². The number of halogens is 1. The van der Waals surface area contributed by atoms with Crippen LogP contribution in [0.1, 0.15) is 18.6 Å². The molecule has 0 heterocycles. The minimum atomic E-state index is -0.535. The largest absolute Gasteiger partial charge is 0.395 e. The topological polar surface area (TPSA) is 43.7 Å². The smallest absolute Gasteiger partial charge is 0.0762 e. The Morgan fingerprint density at radius 3 is 2.71 bits per heavy atom. The maximum atomic E-state index is 9.46. The molecule has 94 valence electrons. The first-order valence-electron chi connectivity index (χ1n) is 5.54. The van der Waals surface area contributed by atoms with Gasteiger partial charge in [0.2, 0.25) is 0 Å². The first kappa shape index (κ1) is 14.0. The van der Waals surface area contributed by atoms with Crippen molar-refractivity contribution in [3.05, 3.63) is 41.4 Å². The van der Waals surface area contributed by atoms with Crippen LogP contribution in [0.4, 0.5) is 5.69 Å². The van der Waals surface area contributed by atoms with Gasteiger partial charge in [-0.25, -0.2) is 0 Å². The highest BCUT2D eigenvalue weighted by Crippen LogP contribution is 2.28. The fourth-order valence-electron chi connectivity index (χ4n) is 1.63. The van der Waals surface area contributed by atoms with Crippen LogP contribution in [0, 0.1) is 0 Å². The lowest BCUT2D eigenvalue weighted by atomic mass is 10.1. The number of benzene rings is 1. The van der Waals surface area contributed by atoms with E-state index in [1.165, 1.54) is 0 Å². The first-order valence-corrected chi connectivity index (χ1v) is 5.92. The second-order valence-electron chi connectivity index (χ2n) is 3.85. The first-order chi connectivity index (χ1) is 8.10. The Kier molecular flexibility index (Phi) is 5.48. The summed E-state index contributed by atoms with van der Waals surface area (Å²) < 4.78 is 0. The Labute approximate surface area is 107 Å². The van der Waals surface area contributed by atoms with E-state index in [9.17, 15) is 5.11 Å². The highest BCUT2D eigenvalue weighted by Gasteiger charge is 2.10. The lowest BCUT2D eigenvalue weighted by Gasteiger charge is -2.24. The van der Waals surface area contributed by atoms with E-state index in [2.05, 4.69) is 6.58 Å². The third-order valence-electron chi connectivity index (χ3n) is 2.51. The van der Waals surface area contributed by atoms with E-state index in [4.69, 9.17) is 16.7 Å². The molecule has 1 atom stereocenters. The van der Waals surface area contributed by atoms with Crippen molar-refractivity contribution in [3.8, 4) is 0 Å². The number of nitrogens with zero attached hydrogens (tertiary/aromatic N) is 1. The fraction of sp³-hybridized carbons (Fsp3) is 0.385. The maximum absolute atomic E-state index is 9.46. The second-order valence-corrected chi connectivity index (χ2v) is 4.25. The van der Waals surface area contributed by atoms with Gasteiger partial charge in [0.25, 0.3) is 0 Å². The zero-order chi connectivity index (χ0) is 12.8. The van der Waals surface area contributed by atoms with Crippen LogP contribution < -0.4 is 4.90 Å². The van der Waals surface area contributed by atoms with Gasteiger partial charge in [0.05, 0.1) is 23.4 Å². The Morgan fingerprint density at radius 2 is 2.24 bits per heavy atom. The van der Waals surface area contributed by atoms with Crippen molar-refractivity contribution >= 4 is 17.3 Å². The number of aliphatic hydroxyl groups excluding tert-OH is 2. The molecular weight excluding hydrogens is 238 g/mol. The molecule has 0 bridgehead atoms. The zero-order valence-electron chi connectivity index (χ0n) is 9.93. The number of hydrogen-bond acceptors (Lipinski definition) is 3. The molecule has 0 unspecified atom stereocenters. The Morgan fingerprint density at radius 1 is 1.53 bits per heavy atom. The molecule has 0 fully saturated rings. The van der Waals surface area contributed by atoms with Crippen molar-refractivity contribution in [2.75, 3.05) is 24.6 Å². The highest BCUT2D eigenvalue weighted by atomic mass is 35.5. The molecule has 0 radical (unpaired) electrons. The minimum Gasteiger partial charge on any atom is -0.395 e. The van der Waals surface area contributed by atoms with Gasteiger partial charge in [0.15, 0.2) is 0 Å². The average molecular weight is 256 g/mol. The van der Waals surface area contributed by atoms with E-state index in [0.29, 0.717) is 18.1 Å². The molecule has 0 spiro atoms. The quantitative estimate of drug-likeness (QED) is 0.767. The van der Waals surface area contributed by atoms with Crippen molar-refractivity contribution in [3.63, 3.8) is 0 Å². The monoisotopic (exact) mass is 255 g/mol. The van der Waals surface area contributed by atoms with Gasteiger partial charge < -0.3 is 15.1 Å². The van der Waals surface area contributed by atoms with Gasteiger partial charge in [-0.15, -0.1) is 6.58 Å². The van der Waals surface area contributed by atoms with Crippen LogP contribution in [0.2, 0.25) is 5.02 Å². The van der Waals surface area contributed by atoms with Crippen LogP contribution in [0.15, 0.2) is 30.9 Å². The van der Waals surface area contributed by atoms with Crippen LogP contribution in [0.25, 0.3) is 0 Å². The van der Waals surface area contributed by atoms with E-state index in [1.807, 2.05) is 17.0 Å². The summed E-state index contributed by atoms with van der Waals surface area (Å²) in [6.07, 6.45) is 1.22. The normalized spacial score (nSPS) is 12.2. The third-order valence-corrected chi connectivity index (χ3v) is 2.82. The zero-order valence-corrected chi connectivity index (χ0v) is 10.7. The Hall–Kier alpha value is -1.03. The maximum Gasteiger partial charge on any atom is 0.0762 e. The number of hydrogen-bond donors (Lipinski definition) is 2. The van der Waals surface area contributed by atoms with E-state index in [0.717, 1.165) is 11.3 Å². The molecule has 0 aliphatic heterocycles. The van der Waals surface area contributed by atoms with Gasteiger partial charge in [-0.1, -0.05) is 23.7 Å². The van der Waals surface area contributed by atoms with E-state index in [1.54, 1.807) is 19.1 Å². The number of anilines is 1. The number of rotatable bonds is 6. The summed E-state index contributed by atoms with van der Waals surface area (Å²) in [6.45, 7) is 6.55. The lowest BCUT2D eigenvalue weighted by Crippen LogP contribution is -2.26. The molecule has 1 rings (SSSR count). The molecule has 4 heteroatoms. The summed E-state index contributed by atoms with van der Waals surface area (Å²) >= 11 is 6.17. The van der Waals surface area contributed by atoms with Crippen molar-refractivity contribution in [1.82, 2.24) is 0 Å². The average Bonchev–Trinajstić information content (AvgIpc) is 2.28. The molecule has 3 nitrogen and oxygen atoms in total. The molecule has 0 amide bonds. The molecule has 0 saturated heterocycles. The molecule has 0 aliphatic carbocycles. The van der Waals surface area contributed by atoms with Crippen LogP contribution >= 0.6 is 11.6 Å². The fourth-order valence-corrected chi connectivity index (χ4v) is 1.93. The predicted molar refractivity (Wildman–Crippen MR) is 71.6 cm³/mol. The van der Waals surface area contributed by atoms with Crippen LogP contribution in [-0.2, 0) is 0 Å². The van der Waals surface area contributed by atoms with Crippen molar-refractivity contribution in [2.24, 2.45) is 0 Å². The van der Waals surface area contributed by atoms with Crippen LogP contribution in [0.5, 0.6) is 0 Å². The summed E-state index contributed by atoms with van der Waals surface area (Å²) in [4.78, 5) is 1.93.